The molecular weight excluding hydrogens is 346 g/mol. The van der Waals surface area contributed by atoms with Crippen molar-refractivity contribution in [2.45, 2.75) is 38.8 Å². The zero-order valence-electron chi connectivity index (χ0n) is 16.1. The smallest absolute Gasteiger partial charge is 0.317 e. The van der Waals surface area contributed by atoms with Gasteiger partial charge in [0.15, 0.2) is 0 Å². The van der Waals surface area contributed by atoms with E-state index in [-0.39, 0.29) is 24.7 Å². The third-order valence-electron chi connectivity index (χ3n) is 5.49. The first-order valence-electron chi connectivity index (χ1n) is 9.65. The fourth-order valence-corrected chi connectivity index (χ4v) is 3.77. The second-order valence-electron chi connectivity index (χ2n) is 7.39. The van der Waals surface area contributed by atoms with E-state index < -0.39 is 5.97 Å². The molecular formula is C19H29N5O3. The number of carboxylic acid groups (broad SMARTS) is 1. The van der Waals surface area contributed by atoms with Gasteiger partial charge in [-0.3, -0.25) is 9.69 Å². The van der Waals surface area contributed by atoms with Crippen molar-refractivity contribution in [1.29, 1.82) is 0 Å². The van der Waals surface area contributed by atoms with Gasteiger partial charge in [0.2, 0.25) is 0 Å². The number of nitrogens with zero attached hydrogens (tertiary/aromatic N) is 4. The van der Waals surface area contributed by atoms with Crippen molar-refractivity contribution in [3.8, 4) is 0 Å². The Morgan fingerprint density at radius 1 is 1.30 bits per heavy atom. The zero-order valence-corrected chi connectivity index (χ0v) is 16.1. The molecule has 0 aromatic carbocycles. The lowest BCUT2D eigenvalue weighted by Gasteiger charge is -2.43. The average Bonchev–Trinajstić information content (AvgIpc) is 2.62. The van der Waals surface area contributed by atoms with Gasteiger partial charge in [-0.25, -0.2) is 9.78 Å². The fourth-order valence-electron chi connectivity index (χ4n) is 3.77. The Morgan fingerprint density at radius 3 is 2.59 bits per heavy atom. The van der Waals surface area contributed by atoms with Crippen molar-refractivity contribution in [2.24, 2.45) is 0 Å². The highest BCUT2D eigenvalue weighted by Gasteiger charge is 2.35. The Balaban J connectivity index is 1.41. The standard InChI is InChI=1S/C19H29N5O3/c1-3-22(13-18(25)26)16-11-15(12-16)21-19(27)24-8-6-23(7-9-24)17-10-14(2)4-5-20-17/h4-5,10,15-16H,3,6-9,11-13H2,1-2H3,(H,21,27)(H,25,26). The minimum absolute atomic E-state index is 0.0171. The molecule has 0 bridgehead atoms. The van der Waals surface area contributed by atoms with Crippen LogP contribution in [-0.2, 0) is 4.79 Å². The van der Waals surface area contributed by atoms with Crippen molar-refractivity contribution in [3.63, 3.8) is 0 Å². The molecule has 2 amide bonds. The van der Waals surface area contributed by atoms with Gasteiger partial charge in [-0.05, 0) is 44.0 Å². The molecule has 1 aliphatic heterocycles. The molecule has 8 heteroatoms. The van der Waals surface area contributed by atoms with Crippen LogP contribution < -0.4 is 10.2 Å². The fraction of sp³-hybridized carbons (Fsp3) is 0.632. The molecule has 0 spiro atoms. The van der Waals surface area contributed by atoms with Gasteiger partial charge in [0.25, 0.3) is 0 Å². The predicted octanol–water partition coefficient (Wildman–Crippen LogP) is 1.16. The molecule has 2 heterocycles. The van der Waals surface area contributed by atoms with Crippen LogP contribution in [-0.4, -0.2) is 83.2 Å². The molecule has 2 N–H and O–H groups in total. The summed E-state index contributed by atoms with van der Waals surface area (Å²) in [5.41, 5.74) is 1.18. The van der Waals surface area contributed by atoms with E-state index in [1.165, 1.54) is 5.56 Å². The first kappa shape index (κ1) is 19.4. The lowest BCUT2D eigenvalue weighted by molar-refractivity contribution is -0.139. The minimum atomic E-state index is -0.801. The van der Waals surface area contributed by atoms with Gasteiger partial charge < -0.3 is 20.2 Å². The van der Waals surface area contributed by atoms with Crippen LogP contribution in [0, 0.1) is 6.92 Å². The van der Waals surface area contributed by atoms with Crippen molar-refractivity contribution in [1.82, 2.24) is 20.1 Å². The Morgan fingerprint density at radius 2 is 2.00 bits per heavy atom. The Bertz CT molecular complexity index is 669. The van der Waals surface area contributed by atoms with Crippen LogP contribution in [0.5, 0.6) is 0 Å². The molecule has 0 radical (unpaired) electrons. The number of hydrogen-bond acceptors (Lipinski definition) is 5. The summed E-state index contributed by atoms with van der Waals surface area (Å²) in [7, 11) is 0. The highest BCUT2D eigenvalue weighted by molar-refractivity contribution is 5.75. The molecule has 0 unspecified atom stereocenters. The number of piperazine rings is 1. The van der Waals surface area contributed by atoms with Gasteiger partial charge in [-0.1, -0.05) is 6.92 Å². The number of rotatable bonds is 6. The summed E-state index contributed by atoms with van der Waals surface area (Å²) in [6, 6.07) is 4.43. The number of carbonyl (C=O) groups excluding carboxylic acids is 1. The summed E-state index contributed by atoms with van der Waals surface area (Å²) in [6.07, 6.45) is 3.46. The van der Waals surface area contributed by atoms with Crippen molar-refractivity contribution in [2.75, 3.05) is 44.2 Å². The number of amides is 2. The summed E-state index contributed by atoms with van der Waals surface area (Å²) >= 11 is 0. The Labute approximate surface area is 160 Å². The molecule has 0 atom stereocenters. The van der Waals surface area contributed by atoms with Crippen LogP contribution in [0.15, 0.2) is 18.3 Å². The number of aryl methyl sites for hydroxylation is 1. The number of nitrogens with one attached hydrogen (secondary N) is 1. The normalized spacial score (nSPS) is 22.5. The maximum atomic E-state index is 12.5. The van der Waals surface area contributed by atoms with E-state index in [4.69, 9.17) is 5.11 Å². The van der Waals surface area contributed by atoms with Crippen LogP contribution in [0.1, 0.15) is 25.3 Å². The highest BCUT2D eigenvalue weighted by Crippen LogP contribution is 2.26. The van der Waals surface area contributed by atoms with E-state index in [2.05, 4.69) is 28.2 Å². The van der Waals surface area contributed by atoms with Gasteiger partial charge in [-0.2, -0.15) is 0 Å². The maximum Gasteiger partial charge on any atom is 0.317 e. The summed E-state index contributed by atoms with van der Waals surface area (Å²) < 4.78 is 0. The molecule has 8 nitrogen and oxygen atoms in total. The molecule has 3 rings (SSSR count). The SMILES string of the molecule is CCN(CC(=O)O)C1CC(NC(=O)N2CCN(c3cc(C)ccn3)CC2)C1. The summed E-state index contributed by atoms with van der Waals surface area (Å²) in [5.74, 6) is 0.167. The second-order valence-corrected chi connectivity index (χ2v) is 7.39. The molecule has 1 saturated heterocycles. The largest absolute Gasteiger partial charge is 0.480 e. The van der Waals surface area contributed by atoms with Crippen LogP contribution in [0.2, 0.25) is 0 Å². The molecule has 148 valence electrons. The van der Waals surface area contributed by atoms with E-state index in [0.29, 0.717) is 19.6 Å². The lowest BCUT2D eigenvalue weighted by atomic mass is 9.85. The Hall–Kier alpha value is -2.35. The number of carboxylic acids is 1. The number of aromatic nitrogens is 1. The van der Waals surface area contributed by atoms with Gasteiger partial charge in [0.1, 0.15) is 5.82 Å². The number of urea groups is 1. The number of aliphatic carboxylic acids is 1. The minimum Gasteiger partial charge on any atom is -0.480 e. The van der Waals surface area contributed by atoms with Gasteiger partial charge >= 0.3 is 12.0 Å². The number of carbonyl (C=O) groups is 2. The van der Waals surface area contributed by atoms with Crippen LogP contribution >= 0.6 is 0 Å². The molecule has 1 aromatic rings. The number of pyridine rings is 1. The van der Waals surface area contributed by atoms with Crippen LogP contribution in [0.4, 0.5) is 10.6 Å². The molecule has 1 saturated carbocycles. The molecule has 1 aromatic heterocycles. The van der Waals surface area contributed by atoms with Gasteiger partial charge in [0.05, 0.1) is 6.54 Å². The first-order chi connectivity index (χ1) is 13.0. The first-order valence-corrected chi connectivity index (χ1v) is 9.65. The van der Waals surface area contributed by atoms with Crippen molar-refractivity contribution >= 4 is 17.8 Å². The monoisotopic (exact) mass is 375 g/mol. The topological polar surface area (TPSA) is 89.0 Å². The summed E-state index contributed by atoms with van der Waals surface area (Å²) in [5, 5.41) is 12.0. The third-order valence-corrected chi connectivity index (χ3v) is 5.49. The highest BCUT2D eigenvalue weighted by atomic mass is 16.4. The van der Waals surface area contributed by atoms with Gasteiger partial charge in [-0.15, -0.1) is 0 Å². The van der Waals surface area contributed by atoms with Gasteiger partial charge in [0, 0.05) is 44.5 Å². The second kappa shape index (κ2) is 8.56. The van der Waals surface area contributed by atoms with E-state index in [1.807, 2.05) is 29.0 Å². The van der Waals surface area contributed by atoms with Crippen molar-refractivity contribution < 1.29 is 14.7 Å². The predicted molar refractivity (Wildman–Crippen MR) is 103 cm³/mol. The van der Waals surface area contributed by atoms with Crippen LogP contribution in [0.25, 0.3) is 0 Å². The Kier molecular flexibility index (Phi) is 6.15. The molecule has 1 aliphatic carbocycles. The summed E-state index contributed by atoms with van der Waals surface area (Å²) in [4.78, 5) is 33.8. The van der Waals surface area contributed by atoms with Crippen molar-refractivity contribution in [3.05, 3.63) is 23.9 Å². The van der Waals surface area contributed by atoms with E-state index in [0.717, 1.165) is 31.7 Å². The van der Waals surface area contributed by atoms with E-state index in [1.54, 1.807) is 0 Å². The number of likely N-dealkylation sites (N-methyl/N-ethyl adjacent to an activating group) is 1. The number of hydrogen-bond donors (Lipinski definition) is 2. The molecule has 2 fully saturated rings. The lowest BCUT2D eigenvalue weighted by Crippen LogP contribution is -2.59. The number of anilines is 1. The summed E-state index contributed by atoms with van der Waals surface area (Å²) in [6.45, 7) is 7.71. The van der Waals surface area contributed by atoms with E-state index in [9.17, 15) is 9.59 Å². The maximum absolute atomic E-state index is 12.5. The van der Waals surface area contributed by atoms with E-state index >= 15 is 0 Å². The third kappa shape index (κ3) is 4.88. The quantitative estimate of drug-likeness (QED) is 0.776. The molecule has 2 aliphatic rings. The molecule has 27 heavy (non-hydrogen) atoms. The van der Waals surface area contributed by atoms with Crippen LogP contribution in [0.3, 0.4) is 0 Å². The zero-order chi connectivity index (χ0) is 19.4. The average molecular weight is 375 g/mol.